The van der Waals surface area contributed by atoms with Gasteiger partial charge in [-0.05, 0) is 49.9 Å². The number of carbonyl (C=O) groups excluding carboxylic acids is 2. The summed E-state index contributed by atoms with van der Waals surface area (Å²) >= 11 is 0. The highest BCUT2D eigenvalue weighted by Gasteiger charge is 2.09. The second-order valence-corrected chi connectivity index (χ2v) is 6.33. The Kier molecular flexibility index (Phi) is 7.11. The average Bonchev–Trinajstić information content (AvgIpc) is 2.63. The van der Waals surface area contributed by atoms with Gasteiger partial charge >= 0.3 is 0 Å². The molecule has 2 N–H and O–H groups in total. The van der Waals surface area contributed by atoms with Gasteiger partial charge in [-0.3, -0.25) is 9.59 Å². The third-order valence-corrected chi connectivity index (χ3v) is 4.08. The van der Waals surface area contributed by atoms with E-state index < -0.39 is 5.91 Å². The van der Waals surface area contributed by atoms with Crippen molar-refractivity contribution in [1.29, 1.82) is 0 Å². The summed E-state index contributed by atoms with van der Waals surface area (Å²) in [7, 11) is 0. The Hall–Kier alpha value is -3.15. The van der Waals surface area contributed by atoms with Crippen molar-refractivity contribution in [1.82, 2.24) is 0 Å². The Morgan fingerprint density at radius 2 is 1.85 bits per heavy atom. The van der Waals surface area contributed by atoms with Crippen LogP contribution in [0.25, 0.3) is 0 Å². The molecule has 0 saturated heterocycles. The zero-order valence-electron chi connectivity index (χ0n) is 16.1. The molecule has 6 nitrogen and oxygen atoms in total. The minimum absolute atomic E-state index is 0.273. The van der Waals surface area contributed by atoms with E-state index in [2.05, 4.69) is 15.8 Å². The van der Waals surface area contributed by atoms with Crippen molar-refractivity contribution >= 4 is 29.4 Å². The lowest BCUT2D eigenvalue weighted by Gasteiger charge is -2.12. The van der Waals surface area contributed by atoms with Crippen molar-refractivity contribution in [2.45, 2.75) is 34.1 Å². The summed E-state index contributed by atoms with van der Waals surface area (Å²) in [6.45, 7) is 7.59. The molecule has 0 aliphatic carbocycles. The zero-order chi connectivity index (χ0) is 19.8. The van der Waals surface area contributed by atoms with Crippen molar-refractivity contribution in [2.75, 3.05) is 17.2 Å². The normalized spacial score (nSPS) is 10.7. The van der Waals surface area contributed by atoms with Gasteiger partial charge in [-0.15, -0.1) is 0 Å². The number of nitrogens with zero attached hydrogens (tertiary/aromatic N) is 1. The average molecular weight is 367 g/mol. The van der Waals surface area contributed by atoms with E-state index in [4.69, 9.17) is 4.84 Å². The number of aryl methyl sites for hydroxylation is 4. The third-order valence-electron chi connectivity index (χ3n) is 4.08. The van der Waals surface area contributed by atoms with Crippen LogP contribution < -0.4 is 10.6 Å². The highest BCUT2D eigenvalue weighted by molar-refractivity contribution is 6.31. The first kappa shape index (κ1) is 20.2. The van der Waals surface area contributed by atoms with E-state index in [0.717, 1.165) is 40.6 Å². The smallest absolute Gasteiger partial charge is 0.270 e. The molecule has 0 unspecified atom stereocenters. The van der Waals surface area contributed by atoms with Gasteiger partial charge in [0.05, 0.1) is 0 Å². The van der Waals surface area contributed by atoms with Gasteiger partial charge in [0.1, 0.15) is 6.21 Å². The molecule has 0 radical (unpaired) electrons. The van der Waals surface area contributed by atoms with Crippen molar-refractivity contribution in [3.05, 3.63) is 58.7 Å². The van der Waals surface area contributed by atoms with Crippen LogP contribution in [-0.2, 0) is 20.8 Å². The lowest BCUT2D eigenvalue weighted by Crippen LogP contribution is -2.19. The van der Waals surface area contributed by atoms with E-state index in [-0.39, 0.29) is 12.5 Å². The minimum atomic E-state index is -0.422. The van der Waals surface area contributed by atoms with Crippen LogP contribution >= 0.6 is 0 Å². The van der Waals surface area contributed by atoms with E-state index in [0.29, 0.717) is 5.69 Å². The van der Waals surface area contributed by atoms with Crippen molar-refractivity contribution < 1.29 is 14.4 Å². The lowest BCUT2D eigenvalue weighted by atomic mass is 10.1. The van der Waals surface area contributed by atoms with Gasteiger partial charge in [-0.1, -0.05) is 48.0 Å². The number of anilines is 2. The minimum Gasteiger partial charge on any atom is -0.385 e. The van der Waals surface area contributed by atoms with E-state index in [1.54, 1.807) is 0 Å². The van der Waals surface area contributed by atoms with Gasteiger partial charge in [-0.2, -0.15) is 0 Å². The maximum atomic E-state index is 12.0. The maximum absolute atomic E-state index is 12.0. The highest BCUT2D eigenvalue weighted by atomic mass is 16.6. The first-order valence-electron chi connectivity index (χ1n) is 8.82. The molecule has 0 spiro atoms. The molecule has 0 bridgehead atoms. The molecule has 0 saturated carbocycles. The number of nitrogens with one attached hydrogen (secondary N) is 2. The Morgan fingerprint density at radius 3 is 2.56 bits per heavy atom. The second kappa shape index (κ2) is 9.52. The molecule has 2 rings (SSSR count). The van der Waals surface area contributed by atoms with Crippen LogP contribution in [0, 0.1) is 20.8 Å². The molecule has 0 aromatic heterocycles. The SMILES string of the molecule is CCc1cccc(C)c1NC(=O)CO/N=C\C(=O)Nc1ccc(C)cc1C. The highest BCUT2D eigenvalue weighted by Crippen LogP contribution is 2.21. The van der Waals surface area contributed by atoms with E-state index in [9.17, 15) is 9.59 Å². The molecule has 0 atom stereocenters. The van der Waals surface area contributed by atoms with Gasteiger partial charge in [-0.25, -0.2) is 0 Å². The van der Waals surface area contributed by atoms with Crippen LogP contribution in [-0.4, -0.2) is 24.6 Å². The topological polar surface area (TPSA) is 79.8 Å². The number of carbonyl (C=O) groups is 2. The van der Waals surface area contributed by atoms with Crippen molar-refractivity contribution in [3.63, 3.8) is 0 Å². The van der Waals surface area contributed by atoms with Crippen LogP contribution in [0.4, 0.5) is 11.4 Å². The number of oxime groups is 1. The molecule has 6 heteroatoms. The molecule has 2 aromatic carbocycles. The first-order chi connectivity index (χ1) is 12.9. The predicted octanol–water partition coefficient (Wildman–Crippen LogP) is 3.75. The number of hydrogen-bond donors (Lipinski definition) is 2. The lowest BCUT2D eigenvalue weighted by molar-refractivity contribution is -0.120. The number of para-hydroxylation sites is 1. The molecule has 0 fully saturated rings. The Balaban J connectivity index is 1.83. The maximum Gasteiger partial charge on any atom is 0.270 e. The molecule has 2 aromatic rings. The fourth-order valence-corrected chi connectivity index (χ4v) is 2.68. The fourth-order valence-electron chi connectivity index (χ4n) is 2.68. The largest absolute Gasteiger partial charge is 0.385 e. The second-order valence-electron chi connectivity index (χ2n) is 6.33. The number of rotatable bonds is 7. The fraction of sp³-hybridized carbons (Fsp3) is 0.286. The summed E-state index contributed by atoms with van der Waals surface area (Å²) in [4.78, 5) is 28.8. The van der Waals surface area contributed by atoms with Crippen LogP contribution in [0.5, 0.6) is 0 Å². The molecule has 2 amide bonds. The molecular weight excluding hydrogens is 342 g/mol. The van der Waals surface area contributed by atoms with Gasteiger partial charge in [0.15, 0.2) is 6.61 Å². The molecule has 0 aliphatic heterocycles. The van der Waals surface area contributed by atoms with Gasteiger partial charge < -0.3 is 15.5 Å². The number of amides is 2. The summed E-state index contributed by atoms with van der Waals surface area (Å²) in [6.07, 6.45) is 1.83. The van der Waals surface area contributed by atoms with Crippen LogP contribution in [0.15, 0.2) is 41.6 Å². The monoisotopic (exact) mass is 367 g/mol. The van der Waals surface area contributed by atoms with Crippen LogP contribution in [0.3, 0.4) is 0 Å². The van der Waals surface area contributed by atoms with Gasteiger partial charge in [0.25, 0.3) is 11.8 Å². The standard InChI is InChI=1S/C21H25N3O3/c1-5-17-8-6-7-15(3)21(17)24-20(26)13-27-22-12-19(25)23-18-10-9-14(2)11-16(18)4/h6-12H,5,13H2,1-4H3,(H,23,25)(H,24,26)/b22-12-. The van der Waals surface area contributed by atoms with Crippen molar-refractivity contribution in [2.24, 2.45) is 5.16 Å². The summed E-state index contributed by atoms with van der Waals surface area (Å²) in [5, 5.41) is 9.11. The summed E-state index contributed by atoms with van der Waals surface area (Å²) < 4.78 is 0. The van der Waals surface area contributed by atoms with E-state index in [1.807, 2.05) is 64.1 Å². The van der Waals surface area contributed by atoms with Crippen LogP contribution in [0.1, 0.15) is 29.2 Å². The van der Waals surface area contributed by atoms with E-state index >= 15 is 0 Å². The van der Waals surface area contributed by atoms with Gasteiger partial charge in [0.2, 0.25) is 0 Å². The summed E-state index contributed by atoms with van der Waals surface area (Å²) in [5.41, 5.74) is 5.63. The number of hydrogen-bond acceptors (Lipinski definition) is 4. The van der Waals surface area contributed by atoms with Crippen LogP contribution in [0.2, 0.25) is 0 Å². The quantitative estimate of drug-likeness (QED) is 0.578. The predicted molar refractivity (Wildman–Crippen MR) is 108 cm³/mol. The molecule has 0 heterocycles. The molecule has 142 valence electrons. The summed E-state index contributed by atoms with van der Waals surface area (Å²) in [5.74, 6) is -0.750. The molecule has 0 aliphatic rings. The number of benzene rings is 2. The zero-order valence-corrected chi connectivity index (χ0v) is 16.1. The van der Waals surface area contributed by atoms with Crippen molar-refractivity contribution in [3.8, 4) is 0 Å². The third kappa shape index (κ3) is 5.95. The Morgan fingerprint density at radius 1 is 1.07 bits per heavy atom. The molecule has 27 heavy (non-hydrogen) atoms. The Labute approximate surface area is 159 Å². The van der Waals surface area contributed by atoms with E-state index in [1.165, 1.54) is 0 Å². The first-order valence-corrected chi connectivity index (χ1v) is 8.82. The summed E-state index contributed by atoms with van der Waals surface area (Å²) in [6, 6.07) is 11.6. The van der Waals surface area contributed by atoms with Gasteiger partial charge in [0, 0.05) is 11.4 Å². The molecular formula is C21H25N3O3. The Bertz CT molecular complexity index is 860.